The Morgan fingerprint density at radius 3 is 1.97 bits per heavy atom. The fourth-order valence-electron chi connectivity index (χ4n) is 3.15. The number of aromatic nitrogens is 2. The summed E-state index contributed by atoms with van der Waals surface area (Å²) >= 11 is 0. The summed E-state index contributed by atoms with van der Waals surface area (Å²) in [7, 11) is -0.750. The maximum absolute atomic E-state index is 10.3. The zero-order valence-corrected chi connectivity index (χ0v) is 18.9. The highest BCUT2D eigenvalue weighted by Crippen LogP contribution is 2.32. The lowest BCUT2D eigenvalue weighted by Crippen LogP contribution is -2.49. The predicted octanol–water partition coefficient (Wildman–Crippen LogP) is 3.86. The van der Waals surface area contributed by atoms with Gasteiger partial charge in [0.25, 0.3) is 0 Å². The van der Waals surface area contributed by atoms with Crippen LogP contribution < -0.4 is 4.74 Å². The van der Waals surface area contributed by atoms with Gasteiger partial charge in [0.2, 0.25) is 0 Å². The number of aliphatic hydroxyl groups is 1. The van der Waals surface area contributed by atoms with Gasteiger partial charge in [0.1, 0.15) is 17.2 Å². The molecule has 0 aliphatic rings. The number of rotatable bonds is 5. The molecular formula is C25H29BN2O4. The maximum atomic E-state index is 10.3. The van der Waals surface area contributed by atoms with Crippen LogP contribution in [0.5, 0.6) is 5.75 Å². The highest BCUT2D eigenvalue weighted by Gasteiger charge is 2.37. The van der Waals surface area contributed by atoms with E-state index in [-0.39, 0.29) is 0 Å². The first kappa shape index (κ1) is 23.5. The van der Waals surface area contributed by atoms with Crippen LogP contribution in [0.4, 0.5) is 0 Å². The summed E-state index contributed by atoms with van der Waals surface area (Å²) in [5.74, 6) is 1.59. The quantitative estimate of drug-likeness (QED) is 0.417. The van der Waals surface area contributed by atoms with E-state index in [0.29, 0.717) is 5.75 Å². The molecule has 0 fully saturated rings. The molecular weight excluding hydrogens is 403 g/mol. The fourth-order valence-corrected chi connectivity index (χ4v) is 3.15. The molecule has 0 bridgehead atoms. The second-order valence-corrected chi connectivity index (χ2v) is 8.43. The van der Waals surface area contributed by atoms with Crippen molar-refractivity contribution in [2.45, 2.75) is 38.9 Å². The molecule has 6 nitrogen and oxygen atoms in total. The lowest BCUT2D eigenvalue weighted by Gasteiger charge is -2.37. The van der Waals surface area contributed by atoms with Gasteiger partial charge >= 0.3 is 7.69 Å². The van der Waals surface area contributed by atoms with Crippen LogP contribution >= 0.6 is 0 Å². The van der Waals surface area contributed by atoms with Crippen molar-refractivity contribution in [3.63, 3.8) is 0 Å². The minimum Gasteiger partial charge on any atom is -0.485 e. The molecule has 0 unspecified atom stereocenters. The van der Waals surface area contributed by atoms with Gasteiger partial charge in [-0.25, -0.2) is 4.98 Å². The van der Waals surface area contributed by atoms with Gasteiger partial charge in [0.15, 0.2) is 0 Å². The van der Waals surface area contributed by atoms with Crippen molar-refractivity contribution in [1.29, 1.82) is 0 Å². The minimum atomic E-state index is -0.965. The Balaban J connectivity index is 0.000000913. The number of ether oxygens (including phenoxy) is 1. The van der Waals surface area contributed by atoms with Crippen LogP contribution in [0.15, 0.2) is 78.9 Å². The summed E-state index contributed by atoms with van der Waals surface area (Å²) in [5, 5.41) is 24.6. The number of imidazole rings is 1. The normalized spacial score (nSPS) is 11.6. The van der Waals surface area contributed by atoms with Crippen molar-refractivity contribution in [1.82, 2.24) is 9.55 Å². The van der Waals surface area contributed by atoms with Crippen LogP contribution in [-0.4, -0.2) is 43.6 Å². The Bertz CT molecular complexity index is 1150. The molecule has 0 saturated carbocycles. The summed E-state index contributed by atoms with van der Waals surface area (Å²) in [6.07, 6.45) is 0. The van der Waals surface area contributed by atoms with Crippen LogP contribution in [0.2, 0.25) is 0 Å². The van der Waals surface area contributed by atoms with E-state index < -0.39 is 18.9 Å². The molecule has 0 aliphatic heterocycles. The van der Waals surface area contributed by atoms with E-state index in [4.69, 9.17) is 19.8 Å². The van der Waals surface area contributed by atoms with Gasteiger partial charge in [-0.1, -0.05) is 30.3 Å². The van der Waals surface area contributed by atoms with Gasteiger partial charge in [-0.3, -0.25) is 4.57 Å². The third-order valence-corrected chi connectivity index (χ3v) is 5.53. The number of benzene rings is 3. The van der Waals surface area contributed by atoms with Gasteiger partial charge in [-0.15, -0.1) is 0 Å². The molecule has 4 rings (SSSR count). The second-order valence-electron chi connectivity index (χ2n) is 8.43. The Labute approximate surface area is 189 Å². The van der Waals surface area contributed by atoms with Crippen molar-refractivity contribution in [2.24, 2.45) is 0 Å². The summed E-state index contributed by atoms with van der Waals surface area (Å²) < 4.78 is 8.23. The molecule has 0 atom stereocenters. The smallest absolute Gasteiger partial charge is 0.432 e. The van der Waals surface area contributed by atoms with E-state index in [1.807, 2.05) is 74.5 Å². The molecule has 4 aromatic rings. The number of fused-ring (bicyclic) bond motifs is 1. The lowest BCUT2D eigenvalue weighted by molar-refractivity contribution is -0.0906. The van der Waals surface area contributed by atoms with Crippen LogP contribution in [0.3, 0.4) is 0 Å². The van der Waals surface area contributed by atoms with Crippen LogP contribution in [-0.2, 0) is 0 Å². The van der Waals surface area contributed by atoms with Crippen LogP contribution in [0.1, 0.15) is 27.7 Å². The molecule has 166 valence electrons. The third kappa shape index (κ3) is 5.02. The lowest BCUT2D eigenvalue weighted by atomic mass is 9.89. The van der Waals surface area contributed by atoms with E-state index in [2.05, 4.69) is 22.8 Å². The average Bonchev–Trinajstić information content (AvgIpc) is 3.14. The Kier molecular flexibility index (Phi) is 7.04. The third-order valence-electron chi connectivity index (χ3n) is 5.53. The van der Waals surface area contributed by atoms with Crippen LogP contribution in [0, 0.1) is 0 Å². The van der Waals surface area contributed by atoms with Gasteiger partial charge < -0.3 is 19.9 Å². The summed E-state index contributed by atoms with van der Waals surface area (Å²) in [6.45, 7) is 7.28. The number of hydrogen-bond acceptors (Lipinski definition) is 5. The molecule has 0 saturated heterocycles. The Hall–Kier alpha value is -3.13. The van der Waals surface area contributed by atoms with E-state index >= 15 is 0 Å². The molecule has 0 amide bonds. The van der Waals surface area contributed by atoms with Crippen molar-refractivity contribution >= 4 is 18.7 Å². The summed E-state index contributed by atoms with van der Waals surface area (Å²) in [4.78, 5) is 4.88. The maximum Gasteiger partial charge on any atom is 0.432 e. The molecule has 32 heavy (non-hydrogen) atoms. The minimum absolute atomic E-state index is 0.711. The molecule has 0 spiro atoms. The van der Waals surface area contributed by atoms with E-state index in [1.54, 1.807) is 13.8 Å². The molecule has 1 aromatic heterocycles. The van der Waals surface area contributed by atoms with Crippen LogP contribution in [0.25, 0.3) is 28.1 Å². The van der Waals surface area contributed by atoms with Gasteiger partial charge in [-0.05, 0) is 76.2 Å². The summed E-state index contributed by atoms with van der Waals surface area (Å²) in [5.41, 5.74) is 2.41. The molecule has 7 heteroatoms. The van der Waals surface area contributed by atoms with Crippen molar-refractivity contribution < 1.29 is 19.9 Å². The topological polar surface area (TPSA) is 87.7 Å². The zero-order chi connectivity index (χ0) is 23.4. The van der Waals surface area contributed by atoms with Gasteiger partial charge in [0, 0.05) is 11.3 Å². The molecule has 1 heterocycles. The monoisotopic (exact) mass is 432 g/mol. The highest BCUT2D eigenvalue weighted by molar-refractivity contribution is 6.13. The Morgan fingerprint density at radius 1 is 0.812 bits per heavy atom. The standard InChI is InChI=1S/C25H26N2O2.BH3O2/c1-24(2,28)25(3,4)29-20-16-14-18(15-17-20)23-26-21-12-8-9-13-22(21)27(23)19-10-6-5-7-11-19;2-1-3/h5-17,28H,1-4H3;1-3H. The fraction of sp³-hybridized carbons (Fsp3) is 0.240. The van der Waals surface area contributed by atoms with E-state index in [0.717, 1.165) is 28.1 Å². The van der Waals surface area contributed by atoms with Gasteiger partial charge in [0.05, 0.1) is 16.6 Å². The number of hydrogen-bond donors (Lipinski definition) is 3. The van der Waals surface area contributed by atoms with Crippen molar-refractivity contribution in [2.75, 3.05) is 0 Å². The number of nitrogens with zero attached hydrogens (tertiary/aromatic N) is 2. The van der Waals surface area contributed by atoms with E-state index in [1.165, 1.54) is 0 Å². The predicted molar refractivity (Wildman–Crippen MR) is 129 cm³/mol. The first-order valence-corrected chi connectivity index (χ1v) is 10.4. The average molecular weight is 432 g/mol. The molecule has 0 aliphatic carbocycles. The second kappa shape index (κ2) is 9.57. The van der Waals surface area contributed by atoms with E-state index in [9.17, 15) is 5.11 Å². The largest absolute Gasteiger partial charge is 0.485 e. The molecule has 3 aromatic carbocycles. The highest BCUT2D eigenvalue weighted by atomic mass is 16.5. The first-order valence-electron chi connectivity index (χ1n) is 10.4. The first-order chi connectivity index (χ1) is 15.2. The Morgan fingerprint density at radius 2 is 1.38 bits per heavy atom. The number of para-hydroxylation sites is 3. The SMILES string of the molecule is CC(C)(O)C(C)(C)Oc1ccc(-c2nc3ccccc3n2-c2ccccc2)cc1.OBO. The van der Waals surface area contributed by atoms with Crippen molar-refractivity contribution in [3.8, 4) is 22.8 Å². The molecule has 0 radical (unpaired) electrons. The molecule has 3 N–H and O–H groups in total. The van der Waals surface area contributed by atoms with Crippen molar-refractivity contribution in [3.05, 3.63) is 78.9 Å². The summed E-state index contributed by atoms with van der Waals surface area (Å²) in [6, 6.07) is 26.3. The van der Waals surface area contributed by atoms with Gasteiger partial charge in [-0.2, -0.15) is 0 Å². The zero-order valence-electron chi connectivity index (χ0n) is 18.9.